The average Bonchev–Trinajstić information content (AvgIpc) is 3.68. The lowest BCUT2D eigenvalue weighted by molar-refractivity contribution is -0.332. The van der Waals surface area contributed by atoms with E-state index >= 15 is 0 Å². The zero-order chi connectivity index (χ0) is 61.5. The molecule has 0 spiro atoms. The number of carbonyl (C=O) groups is 1. The Morgan fingerprint density at radius 2 is 0.765 bits per heavy atom. The molecule has 2 saturated heterocycles. The molecule has 2 aliphatic heterocycles. The van der Waals surface area contributed by atoms with Gasteiger partial charge in [0.1, 0.15) is 54.9 Å². The Labute approximate surface area is 515 Å². The summed E-state index contributed by atoms with van der Waals surface area (Å²) in [6.07, 6.45) is 60.4. The van der Waals surface area contributed by atoms with Gasteiger partial charge in [0.05, 0.1) is 26.4 Å². The molecule has 2 fully saturated rings. The van der Waals surface area contributed by atoms with E-state index in [9.17, 15) is 40.5 Å². The fraction of sp³-hybridized carbons (Fsp3) is 0.761. The molecule has 490 valence electrons. The highest BCUT2D eigenvalue weighted by Crippen LogP contribution is 2.27. The molecule has 11 atom stereocenters. The van der Waals surface area contributed by atoms with Crippen molar-refractivity contribution >= 4 is 5.97 Å². The van der Waals surface area contributed by atoms with Gasteiger partial charge in [0.2, 0.25) is 0 Å². The van der Waals surface area contributed by atoms with E-state index in [1.807, 2.05) is 0 Å². The van der Waals surface area contributed by atoms with Gasteiger partial charge in [-0.15, -0.1) is 0 Å². The van der Waals surface area contributed by atoms with Crippen LogP contribution in [0, 0.1) is 0 Å². The zero-order valence-corrected chi connectivity index (χ0v) is 53.1. The molecule has 2 heterocycles. The highest BCUT2D eigenvalue weighted by atomic mass is 16.7. The summed E-state index contributed by atoms with van der Waals surface area (Å²) in [5.41, 5.74) is 0. The van der Waals surface area contributed by atoms with Crippen LogP contribution in [0.5, 0.6) is 0 Å². The van der Waals surface area contributed by atoms with Gasteiger partial charge in [0.25, 0.3) is 0 Å². The van der Waals surface area contributed by atoms with E-state index in [1.54, 1.807) is 0 Å². The van der Waals surface area contributed by atoms with Crippen molar-refractivity contribution in [3.63, 3.8) is 0 Å². The van der Waals surface area contributed by atoms with Gasteiger partial charge in [-0.1, -0.05) is 239 Å². The average molecular weight is 1200 g/mol. The maximum atomic E-state index is 13.1. The first-order valence-electron chi connectivity index (χ1n) is 33.8. The fourth-order valence-corrected chi connectivity index (χ4v) is 10.2. The van der Waals surface area contributed by atoms with Crippen molar-refractivity contribution in [3.05, 3.63) is 97.2 Å². The van der Waals surface area contributed by atoms with Crippen molar-refractivity contribution in [1.82, 2.24) is 0 Å². The smallest absolute Gasteiger partial charge is 0.306 e. The molecule has 11 unspecified atom stereocenters. The Morgan fingerprint density at radius 3 is 1.20 bits per heavy atom. The number of carbonyl (C=O) groups excluding carboxylic acids is 1. The summed E-state index contributed by atoms with van der Waals surface area (Å²) < 4.78 is 34.5. The summed E-state index contributed by atoms with van der Waals surface area (Å²) in [5.74, 6) is -0.391. The fourth-order valence-electron chi connectivity index (χ4n) is 10.2. The Balaban J connectivity index is 1.67. The van der Waals surface area contributed by atoms with Crippen LogP contribution >= 0.6 is 0 Å². The Bertz CT molecular complexity index is 1780. The lowest BCUT2D eigenvalue weighted by Gasteiger charge is -2.42. The summed E-state index contributed by atoms with van der Waals surface area (Å²) >= 11 is 0. The van der Waals surface area contributed by atoms with Gasteiger partial charge in [-0.05, 0) is 96.3 Å². The Hall–Kier alpha value is -3.09. The van der Waals surface area contributed by atoms with Gasteiger partial charge in [-0.25, -0.2) is 0 Å². The second kappa shape index (κ2) is 56.2. The van der Waals surface area contributed by atoms with Crippen LogP contribution in [0.1, 0.15) is 245 Å². The van der Waals surface area contributed by atoms with Crippen molar-refractivity contribution in [2.75, 3.05) is 33.0 Å². The van der Waals surface area contributed by atoms with Crippen molar-refractivity contribution < 1.29 is 69.0 Å². The molecule has 0 aromatic rings. The molecule has 14 heteroatoms. The van der Waals surface area contributed by atoms with Crippen molar-refractivity contribution in [2.45, 2.75) is 313 Å². The van der Waals surface area contributed by atoms with Gasteiger partial charge >= 0.3 is 5.97 Å². The summed E-state index contributed by atoms with van der Waals surface area (Å²) in [7, 11) is 0. The lowest BCUT2D eigenvalue weighted by Crippen LogP contribution is -2.61. The maximum Gasteiger partial charge on any atom is 0.306 e. The molecule has 0 saturated carbocycles. The van der Waals surface area contributed by atoms with Crippen molar-refractivity contribution in [2.24, 2.45) is 0 Å². The quantitative estimate of drug-likeness (QED) is 0.0171. The largest absolute Gasteiger partial charge is 0.457 e. The molecule has 85 heavy (non-hydrogen) atoms. The summed E-state index contributed by atoms with van der Waals surface area (Å²) in [5, 5.41) is 72.6. The molecule has 7 N–H and O–H groups in total. The van der Waals surface area contributed by atoms with E-state index in [-0.39, 0.29) is 19.6 Å². The third-order valence-electron chi connectivity index (χ3n) is 15.6. The van der Waals surface area contributed by atoms with Crippen LogP contribution in [0.25, 0.3) is 0 Å². The van der Waals surface area contributed by atoms with Crippen molar-refractivity contribution in [1.29, 1.82) is 0 Å². The highest BCUT2D eigenvalue weighted by molar-refractivity contribution is 5.69. The summed E-state index contributed by atoms with van der Waals surface area (Å²) in [6, 6.07) is 0. The molecule has 0 bridgehead atoms. The van der Waals surface area contributed by atoms with Gasteiger partial charge in [0.15, 0.2) is 12.6 Å². The molecule has 2 aliphatic rings. The van der Waals surface area contributed by atoms with E-state index < -0.39 is 86.7 Å². The maximum absolute atomic E-state index is 13.1. The van der Waals surface area contributed by atoms with Gasteiger partial charge in [0, 0.05) is 13.0 Å². The van der Waals surface area contributed by atoms with Crippen LogP contribution in [0.15, 0.2) is 97.2 Å². The van der Waals surface area contributed by atoms with E-state index in [4.69, 9.17) is 28.4 Å². The summed E-state index contributed by atoms with van der Waals surface area (Å²) in [6.45, 7) is 3.56. The number of aliphatic hydroxyl groups excluding tert-OH is 7. The third-order valence-corrected chi connectivity index (χ3v) is 15.6. The van der Waals surface area contributed by atoms with E-state index in [1.165, 1.54) is 116 Å². The number of esters is 1. The first kappa shape index (κ1) is 78.0. The predicted octanol–water partition coefficient (Wildman–Crippen LogP) is 14.1. The second-order valence-electron chi connectivity index (χ2n) is 23.3. The van der Waals surface area contributed by atoms with Crippen LogP contribution in [-0.2, 0) is 33.2 Å². The minimum Gasteiger partial charge on any atom is -0.457 e. The monoisotopic (exact) mass is 1200 g/mol. The normalized spacial score (nSPS) is 23.8. The molecule has 0 aliphatic carbocycles. The number of allylic oxidation sites excluding steroid dienone is 16. The highest BCUT2D eigenvalue weighted by Gasteiger charge is 2.47. The molecular weight excluding hydrogens is 1080 g/mol. The van der Waals surface area contributed by atoms with E-state index in [2.05, 4.69) is 111 Å². The third kappa shape index (κ3) is 41.7. The molecule has 0 amide bonds. The number of hydrogen-bond acceptors (Lipinski definition) is 14. The Kier molecular flexibility index (Phi) is 51.5. The van der Waals surface area contributed by atoms with Crippen molar-refractivity contribution in [3.8, 4) is 0 Å². The predicted molar refractivity (Wildman–Crippen MR) is 344 cm³/mol. The van der Waals surface area contributed by atoms with Gasteiger partial charge < -0.3 is 64.2 Å². The van der Waals surface area contributed by atoms with Crippen LogP contribution in [-0.4, -0.2) is 142 Å². The first-order chi connectivity index (χ1) is 41.6. The number of hydrogen-bond donors (Lipinski definition) is 7. The lowest BCUT2D eigenvalue weighted by atomic mass is 9.98. The van der Waals surface area contributed by atoms with E-state index in [0.29, 0.717) is 13.0 Å². The SMILES string of the molecule is CC/C=C\C/C=C\C/C=C\C/C=C\C/C=C\C/C=C\CCCCCCCCC(=O)OC(COCCCCCCCCCCCCCCCC/C=C\C/C=C\CCCCCCC)COC1OC(COC2OC(CO)C(O)C(O)C2O)C(O)C(O)C1O. The standard InChI is InChI=1S/C71H122O14/c1-3-5-7-9-11-13-15-17-19-21-23-25-27-29-31-33-35-37-39-41-43-45-47-49-51-53-55-80-57-60(58-81-70-69(79)67(77)65(75)62(85-70)59-82-71-68(78)66(76)64(74)61(56-72)84-71)83-63(73)54-52-50-48-46-44-42-40-38-36-34-32-30-28-26-24-22-20-18-16-14-12-10-8-6-4-2/h6,8,12,14-15,17-18,20-21,23-24,26,30,32,36,38,60-62,64-72,74-79H,3-5,7,9-11,13,16,19,22,25,27-29,31,33-35,37,39-59H2,1-2H3/b8-6-,14-12-,17-15-,20-18-,23-21-,26-24-,32-30-,38-36-. The first-order valence-corrected chi connectivity index (χ1v) is 33.8. The van der Waals surface area contributed by atoms with Gasteiger partial charge in [-0.3, -0.25) is 4.79 Å². The summed E-state index contributed by atoms with van der Waals surface area (Å²) in [4.78, 5) is 13.1. The minimum absolute atomic E-state index is 0.0505. The number of unbranched alkanes of at least 4 members (excludes halogenated alkanes) is 25. The molecule has 0 radical (unpaired) electrons. The van der Waals surface area contributed by atoms with E-state index in [0.717, 1.165) is 103 Å². The number of rotatable bonds is 55. The molecule has 0 aromatic heterocycles. The molecule has 2 rings (SSSR count). The minimum atomic E-state index is -1.72. The topological polar surface area (TPSA) is 214 Å². The van der Waals surface area contributed by atoms with Gasteiger partial charge in [-0.2, -0.15) is 0 Å². The van der Waals surface area contributed by atoms with Crippen LogP contribution < -0.4 is 0 Å². The molecular formula is C71H122O14. The zero-order valence-electron chi connectivity index (χ0n) is 53.1. The number of ether oxygens (including phenoxy) is 6. The number of aliphatic hydroxyl groups is 7. The molecule has 14 nitrogen and oxygen atoms in total. The Morgan fingerprint density at radius 1 is 0.400 bits per heavy atom. The molecule has 0 aromatic carbocycles. The second-order valence-corrected chi connectivity index (χ2v) is 23.3. The van der Waals surface area contributed by atoms with Crippen LogP contribution in [0.2, 0.25) is 0 Å². The van der Waals surface area contributed by atoms with Crippen LogP contribution in [0.3, 0.4) is 0 Å². The van der Waals surface area contributed by atoms with Crippen LogP contribution in [0.4, 0.5) is 0 Å².